The molecule has 0 atom stereocenters. The van der Waals surface area contributed by atoms with Crippen molar-refractivity contribution in [3.63, 3.8) is 0 Å². The Kier molecular flexibility index (Phi) is 3.80. The van der Waals surface area contributed by atoms with E-state index < -0.39 is 0 Å². The Labute approximate surface area is 84.3 Å². The van der Waals surface area contributed by atoms with Crippen LogP contribution in [0.1, 0.15) is 12.6 Å². The van der Waals surface area contributed by atoms with E-state index in [4.69, 9.17) is 0 Å². The summed E-state index contributed by atoms with van der Waals surface area (Å²) < 4.78 is 0. The predicted octanol–water partition coefficient (Wildman–Crippen LogP) is 3.13. The maximum Gasteiger partial charge on any atom is 0.0889 e. The molecule has 0 bridgehead atoms. The summed E-state index contributed by atoms with van der Waals surface area (Å²) in [5.74, 6) is 0. The van der Waals surface area contributed by atoms with Gasteiger partial charge >= 0.3 is 0 Å². The maximum absolute atomic E-state index is 4.31. The van der Waals surface area contributed by atoms with Crippen LogP contribution in [-0.4, -0.2) is 9.97 Å². The number of fused-ring (bicyclic) bond motifs is 1. The van der Waals surface area contributed by atoms with Crippen LogP contribution in [0.2, 0.25) is 0 Å². The lowest BCUT2D eigenvalue weighted by Crippen LogP contribution is -1.85. The minimum Gasteiger partial charge on any atom is -0.253 e. The van der Waals surface area contributed by atoms with Gasteiger partial charge in [0.15, 0.2) is 0 Å². The van der Waals surface area contributed by atoms with Crippen LogP contribution in [-0.2, 0) is 0 Å². The first-order chi connectivity index (χ1) is 6.77. The van der Waals surface area contributed by atoms with Crippen LogP contribution in [0.25, 0.3) is 11.0 Å². The summed E-state index contributed by atoms with van der Waals surface area (Å²) in [7, 11) is 0. The zero-order valence-electron chi connectivity index (χ0n) is 8.57. The third kappa shape index (κ3) is 2.66. The van der Waals surface area contributed by atoms with Crippen LogP contribution in [0.5, 0.6) is 0 Å². The minimum atomic E-state index is 0.957. The van der Waals surface area contributed by atoms with E-state index >= 15 is 0 Å². The van der Waals surface area contributed by atoms with Crippen LogP contribution in [0.3, 0.4) is 0 Å². The monoisotopic (exact) mass is 186 g/mol. The van der Waals surface area contributed by atoms with Crippen LogP contribution in [0.4, 0.5) is 0 Å². The quantitative estimate of drug-likeness (QED) is 0.591. The van der Waals surface area contributed by atoms with Crippen molar-refractivity contribution >= 4 is 11.0 Å². The SMILES string of the molecule is C=CC.Cc1cnc2ccccc2n1. The van der Waals surface area contributed by atoms with Crippen LogP contribution < -0.4 is 0 Å². The summed E-state index contributed by atoms with van der Waals surface area (Å²) in [5, 5.41) is 0. The summed E-state index contributed by atoms with van der Waals surface area (Å²) in [6.45, 7) is 7.19. The van der Waals surface area contributed by atoms with Gasteiger partial charge in [0.1, 0.15) is 0 Å². The Balaban J connectivity index is 0.000000293. The average Bonchev–Trinajstić information content (AvgIpc) is 2.19. The average molecular weight is 186 g/mol. The fourth-order valence-corrected chi connectivity index (χ4v) is 1.05. The third-order valence-electron chi connectivity index (χ3n) is 1.57. The molecule has 0 saturated carbocycles. The van der Waals surface area contributed by atoms with Crippen molar-refractivity contribution in [2.24, 2.45) is 0 Å². The normalized spacial score (nSPS) is 9.00. The van der Waals surface area contributed by atoms with Gasteiger partial charge in [-0.2, -0.15) is 0 Å². The molecule has 0 radical (unpaired) electrons. The largest absolute Gasteiger partial charge is 0.253 e. The predicted molar refractivity (Wildman–Crippen MR) is 60.1 cm³/mol. The second kappa shape index (κ2) is 5.12. The lowest BCUT2D eigenvalue weighted by Gasteiger charge is -1.95. The number of aryl methyl sites for hydroxylation is 1. The second-order valence-corrected chi connectivity index (χ2v) is 2.91. The van der Waals surface area contributed by atoms with E-state index in [0.717, 1.165) is 16.7 Å². The Hall–Kier alpha value is -1.70. The van der Waals surface area contributed by atoms with Crippen LogP contribution in [0, 0.1) is 6.92 Å². The lowest BCUT2D eigenvalue weighted by atomic mass is 10.3. The molecule has 0 N–H and O–H groups in total. The molecule has 0 amide bonds. The summed E-state index contributed by atoms with van der Waals surface area (Å²) in [6.07, 6.45) is 3.53. The number of hydrogen-bond donors (Lipinski definition) is 0. The van der Waals surface area contributed by atoms with E-state index in [0.29, 0.717) is 0 Å². The van der Waals surface area contributed by atoms with Gasteiger partial charge in [0.25, 0.3) is 0 Å². The first-order valence-corrected chi connectivity index (χ1v) is 4.53. The molecule has 2 rings (SSSR count). The minimum absolute atomic E-state index is 0.957. The zero-order chi connectivity index (χ0) is 10.4. The lowest BCUT2D eigenvalue weighted by molar-refractivity contribution is 1.19. The molecular formula is C12H14N2. The van der Waals surface area contributed by atoms with E-state index in [9.17, 15) is 0 Å². The third-order valence-corrected chi connectivity index (χ3v) is 1.57. The molecule has 2 nitrogen and oxygen atoms in total. The first-order valence-electron chi connectivity index (χ1n) is 4.53. The van der Waals surface area contributed by atoms with E-state index in [-0.39, 0.29) is 0 Å². The fourth-order valence-electron chi connectivity index (χ4n) is 1.05. The first kappa shape index (κ1) is 10.4. The number of para-hydroxylation sites is 2. The van der Waals surface area contributed by atoms with Gasteiger partial charge in [-0.15, -0.1) is 6.58 Å². The van der Waals surface area contributed by atoms with Gasteiger partial charge in [-0.1, -0.05) is 18.2 Å². The molecule has 0 saturated heterocycles. The van der Waals surface area contributed by atoms with Gasteiger partial charge in [0, 0.05) is 6.20 Å². The number of aromatic nitrogens is 2. The van der Waals surface area contributed by atoms with Crippen molar-refractivity contribution in [3.05, 3.63) is 48.8 Å². The number of nitrogens with zero attached hydrogens (tertiary/aromatic N) is 2. The molecule has 0 aliphatic rings. The highest BCUT2D eigenvalue weighted by Crippen LogP contribution is 2.06. The number of rotatable bonds is 0. The van der Waals surface area contributed by atoms with Crippen molar-refractivity contribution < 1.29 is 0 Å². The molecule has 14 heavy (non-hydrogen) atoms. The van der Waals surface area contributed by atoms with Gasteiger partial charge in [-0.05, 0) is 26.0 Å². The smallest absolute Gasteiger partial charge is 0.0889 e. The Bertz CT molecular complexity index is 421. The van der Waals surface area contributed by atoms with Crippen molar-refractivity contribution in [1.82, 2.24) is 9.97 Å². The van der Waals surface area contributed by atoms with E-state index in [1.165, 1.54) is 0 Å². The molecule has 0 unspecified atom stereocenters. The van der Waals surface area contributed by atoms with Gasteiger partial charge in [0.2, 0.25) is 0 Å². The van der Waals surface area contributed by atoms with Crippen LogP contribution in [0.15, 0.2) is 43.1 Å². The standard InChI is InChI=1S/C9H8N2.C3H6/c1-7-6-10-8-4-2-3-5-9(8)11-7;1-3-2/h2-6H,1H3;3H,1H2,2H3. The van der Waals surface area contributed by atoms with Crippen molar-refractivity contribution in [2.75, 3.05) is 0 Å². The fraction of sp³-hybridized carbons (Fsp3) is 0.167. The molecule has 0 spiro atoms. The molecule has 72 valence electrons. The van der Waals surface area contributed by atoms with Crippen molar-refractivity contribution in [2.45, 2.75) is 13.8 Å². The highest BCUT2D eigenvalue weighted by atomic mass is 14.8. The van der Waals surface area contributed by atoms with Gasteiger partial charge in [0.05, 0.1) is 16.7 Å². The second-order valence-electron chi connectivity index (χ2n) is 2.91. The van der Waals surface area contributed by atoms with Crippen LogP contribution >= 0.6 is 0 Å². The summed E-state index contributed by atoms with van der Waals surface area (Å²) >= 11 is 0. The van der Waals surface area contributed by atoms with E-state index in [1.807, 2.05) is 38.1 Å². The summed E-state index contributed by atoms with van der Waals surface area (Å²) in [5.41, 5.74) is 2.88. The Morgan fingerprint density at radius 2 is 1.79 bits per heavy atom. The van der Waals surface area contributed by atoms with Gasteiger partial charge in [-0.3, -0.25) is 4.98 Å². The highest BCUT2D eigenvalue weighted by Gasteiger charge is 1.92. The maximum atomic E-state index is 4.31. The molecule has 2 aromatic rings. The molecule has 1 aromatic carbocycles. The molecular weight excluding hydrogens is 172 g/mol. The number of allylic oxidation sites excluding steroid dienone is 1. The van der Waals surface area contributed by atoms with Gasteiger partial charge in [-0.25, -0.2) is 4.98 Å². The van der Waals surface area contributed by atoms with Crippen molar-refractivity contribution in [3.8, 4) is 0 Å². The molecule has 1 aromatic heterocycles. The Morgan fingerprint density at radius 1 is 1.21 bits per heavy atom. The van der Waals surface area contributed by atoms with E-state index in [1.54, 1.807) is 12.3 Å². The highest BCUT2D eigenvalue weighted by molar-refractivity contribution is 5.73. The van der Waals surface area contributed by atoms with Crippen molar-refractivity contribution in [1.29, 1.82) is 0 Å². The molecule has 1 heterocycles. The summed E-state index contributed by atoms with van der Waals surface area (Å²) in [6, 6.07) is 7.86. The molecule has 0 fully saturated rings. The van der Waals surface area contributed by atoms with E-state index in [2.05, 4.69) is 16.5 Å². The molecule has 0 aliphatic carbocycles. The Morgan fingerprint density at radius 3 is 2.43 bits per heavy atom. The molecule has 2 heteroatoms. The number of benzene rings is 1. The zero-order valence-corrected chi connectivity index (χ0v) is 8.57. The van der Waals surface area contributed by atoms with Gasteiger partial charge < -0.3 is 0 Å². The topological polar surface area (TPSA) is 25.8 Å². The molecule has 0 aliphatic heterocycles. The number of hydrogen-bond acceptors (Lipinski definition) is 2. The summed E-state index contributed by atoms with van der Waals surface area (Å²) in [4.78, 5) is 8.53.